The van der Waals surface area contributed by atoms with Gasteiger partial charge in [0.1, 0.15) is 0 Å². The summed E-state index contributed by atoms with van der Waals surface area (Å²) in [6.07, 6.45) is 1.14. The van der Waals surface area contributed by atoms with E-state index >= 15 is 0 Å². The number of nitrogens with zero attached hydrogens (tertiary/aromatic N) is 1. The Balaban J connectivity index is 2.03. The van der Waals surface area contributed by atoms with Gasteiger partial charge in [-0.05, 0) is 50.6 Å². The predicted molar refractivity (Wildman–Crippen MR) is 99.2 cm³/mol. The lowest BCUT2D eigenvalue weighted by molar-refractivity contribution is 0.198. The van der Waals surface area contributed by atoms with E-state index in [0.717, 1.165) is 42.3 Å². The number of rotatable bonds is 5. The highest BCUT2D eigenvalue weighted by Gasteiger charge is 2.19. The second-order valence-corrected chi connectivity index (χ2v) is 7.43. The number of benzene rings is 1. The summed E-state index contributed by atoms with van der Waals surface area (Å²) in [7, 11) is 1.63. The van der Waals surface area contributed by atoms with Gasteiger partial charge in [0.15, 0.2) is 11.5 Å². The normalized spacial score (nSPS) is 16.5. The molecule has 0 bridgehead atoms. The van der Waals surface area contributed by atoms with E-state index in [1.54, 1.807) is 7.11 Å². The number of urea groups is 1. The van der Waals surface area contributed by atoms with Crippen molar-refractivity contribution in [1.29, 1.82) is 0 Å². The van der Waals surface area contributed by atoms with Crippen molar-refractivity contribution in [1.82, 2.24) is 10.2 Å². The number of thioether (sulfide) groups is 1. The van der Waals surface area contributed by atoms with Crippen molar-refractivity contribution in [2.24, 2.45) is 0 Å². The third-order valence-corrected chi connectivity index (χ3v) is 4.95. The van der Waals surface area contributed by atoms with Gasteiger partial charge in [0.25, 0.3) is 0 Å². The average molecular weight is 353 g/mol. The van der Waals surface area contributed by atoms with E-state index in [-0.39, 0.29) is 18.2 Å². The lowest BCUT2D eigenvalue weighted by Gasteiger charge is -2.24. The molecule has 0 spiro atoms. The van der Waals surface area contributed by atoms with Crippen LogP contribution in [0.3, 0.4) is 0 Å². The first-order valence-corrected chi connectivity index (χ1v) is 9.64. The van der Waals surface area contributed by atoms with Crippen LogP contribution in [0.1, 0.15) is 38.8 Å². The lowest BCUT2D eigenvalue weighted by atomic mass is 10.1. The number of hydrogen-bond donors (Lipinski definition) is 1. The minimum Gasteiger partial charge on any atom is -0.493 e. The van der Waals surface area contributed by atoms with E-state index in [1.807, 2.05) is 55.6 Å². The predicted octanol–water partition coefficient (Wildman–Crippen LogP) is 3.69. The molecule has 1 aliphatic heterocycles. The van der Waals surface area contributed by atoms with Crippen LogP contribution in [0.2, 0.25) is 0 Å². The molecule has 5 nitrogen and oxygen atoms in total. The summed E-state index contributed by atoms with van der Waals surface area (Å²) < 4.78 is 11.2. The molecule has 1 aliphatic rings. The molecule has 1 heterocycles. The summed E-state index contributed by atoms with van der Waals surface area (Å²) in [5, 5.41) is 3.09. The van der Waals surface area contributed by atoms with Crippen LogP contribution in [0.4, 0.5) is 4.79 Å². The highest BCUT2D eigenvalue weighted by molar-refractivity contribution is 7.99. The average Bonchev–Trinajstić information content (AvgIpc) is 2.83. The molecule has 1 aromatic rings. The number of amides is 2. The van der Waals surface area contributed by atoms with Gasteiger partial charge < -0.3 is 19.7 Å². The standard InChI is InChI=1S/C18H28N2O3S/c1-13(2)23-16-7-6-15(12-17(16)22-4)14(3)19-18(21)20-8-5-10-24-11-9-20/h6-7,12-14H,5,8-11H2,1-4H3,(H,19,21). The van der Waals surface area contributed by atoms with Gasteiger partial charge in [-0.1, -0.05) is 6.07 Å². The number of ether oxygens (including phenoxy) is 2. The summed E-state index contributed by atoms with van der Waals surface area (Å²) in [4.78, 5) is 14.4. The maximum absolute atomic E-state index is 12.5. The first-order valence-electron chi connectivity index (χ1n) is 8.49. The summed E-state index contributed by atoms with van der Waals surface area (Å²) in [6, 6.07) is 5.73. The molecular formula is C18H28N2O3S. The Labute approximate surface area is 149 Å². The van der Waals surface area contributed by atoms with Crippen LogP contribution < -0.4 is 14.8 Å². The minimum atomic E-state index is -0.0876. The second kappa shape index (κ2) is 9.06. The summed E-state index contributed by atoms with van der Waals surface area (Å²) in [5.74, 6) is 3.55. The molecule has 1 fully saturated rings. The third kappa shape index (κ3) is 5.23. The maximum Gasteiger partial charge on any atom is 0.317 e. The van der Waals surface area contributed by atoms with Crippen LogP contribution in [0.25, 0.3) is 0 Å². The van der Waals surface area contributed by atoms with Crippen LogP contribution >= 0.6 is 11.8 Å². The smallest absolute Gasteiger partial charge is 0.317 e. The summed E-state index contributed by atoms with van der Waals surface area (Å²) >= 11 is 1.91. The van der Waals surface area contributed by atoms with E-state index in [4.69, 9.17) is 9.47 Å². The van der Waals surface area contributed by atoms with Gasteiger partial charge in [0.05, 0.1) is 19.3 Å². The van der Waals surface area contributed by atoms with Gasteiger partial charge in [-0.3, -0.25) is 0 Å². The maximum atomic E-state index is 12.5. The molecule has 0 aliphatic carbocycles. The molecule has 1 atom stereocenters. The Morgan fingerprint density at radius 3 is 2.71 bits per heavy atom. The molecule has 2 amide bonds. The van der Waals surface area contributed by atoms with Crippen LogP contribution in [-0.4, -0.2) is 48.7 Å². The first-order chi connectivity index (χ1) is 11.5. The number of methoxy groups -OCH3 is 1. The van der Waals surface area contributed by atoms with Gasteiger partial charge >= 0.3 is 6.03 Å². The van der Waals surface area contributed by atoms with Crippen molar-refractivity contribution in [2.75, 3.05) is 31.7 Å². The first kappa shape index (κ1) is 18.8. The molecule has 1 unspecified atom stereocenters. The van der Waals surface area contributed by atoms with E-state index < -0.39 is 0 Å². The number of carbonyl (C=O) groups excluding carboxylic acids is 1. The fraction of sp³-hybridized carbons (Fsp3) is 0.611. The molecule has 1 saturated heterocycles. The molecule has 0 aromatic heterocycles. The Morgan fingerprint density at radius 1 is 1.21 bits per heavy atom. The Morgan fingerprint density at radius 2 is 2.00 bits per heavy atom. The Kier molecular flexibility index (Phi) is 7.09. The fourth-order valence-corrected chi connectivity index (χ4v) is 3.50. The summed E-state index contributed by atoms with van der Waals surface area (Å²) in [5.41, 5.74) is 1.00. The van der Waals surface area contributed by atoms with Crippen molar-refractivity contribution in [3.63, 3.8) is 0 Å². The van der Waals surface area contributed by atoms with Gasteiger partial charge in [-0.15, -0.1) is 0 Å². The van der Waals surface area contributed by atoms with E-state index in [2.05, 4.69) is 5.32 Å². The van der Waals surface area contributed by atoms with E-state index in [1.165, 1.54) is 0 Å². The Hall–Kier alpha value is -1.56. The van der Waals surface area contributed by atoms with Gasteiger partial charge in [0, 0.05) is 18.8 Å². The molecule has 134 valence electrons. The van der Waals surface area contributed by atoms with E-state index in [9.17, 15) is 4.79 Å². The van der Waals surface area contributed by atoms with E-state index in [0.29, 0.717) is 5.75 Å². The molecule has 0 saturated carbocycles. The highest BCUT2D eigenvalue weighted by atomic mass is 32.2. The molecule has 2 rings (SSSR count). The Bertz CT molecular complexity index is 543. The molecule has 6 heteroatoms. The highest BCUT2D eigenvalue weighted by Crippen LogP contribution is 2.31. The topological polar surface area (TPSA) is 50.8 Å². The van der Waals surface area contributed by atoms with Crippen molar-refractivity contribution in [3.05, 3.63) is 23.8 Å². The monoisotopic (exact) mass is 352 g/mol. The number of hydrogen-bond acceptors (Lipinski definition) is 4. The van der Waals surface area contributed by atoms with Crippen molar-refractivity contribution in [3.8, 4) is 11.5 Å². The summed E-state index contributed by atoms with van der Waals surface area (Å²) in [6.45, 7) is 7.59. The minimum absolute atomic E-state index is 0.00599. The van der Waals surface area contributed by atoms with Crippen LogP contribution in [0, 0.1) is 0 Å². The zero-order valence-electron chi connectivity index (χ0n) is 15.0. The third-order valence-electron chi connectivity index (χ3n) is 3.90. The van der Waals surface area contributed by atoms with Crippen molar-refractivity contribution >= 4 is 17.8 Å². The van der Waals surface area contributed by atoms with Crippen LogP contribution in [-0.2, 0) is 0 Å². The van der Waals surface area contributed by atoms with Crippen molar-refractivity contribution in [2.45, 2.75) is 39.3 Å². The SMILES string of the molecule is COc1cc(C(C)NC(=O)N2CCCSCC2)ccc1OC(C)C. The number of carbonyl (C=O) groups is 1. The van der Waals surface area contributed by atoms with Gasteiger partial charge in [-0.25, -0.2) is 4.79 Å². The molecule has 24 heavy (non-hydrogen) atoms. The zero-order chi connectivity index (χ0) is 17.5. The quantitative estimate of drug-likeness (QED) is 0.878. The second-order valence-electron chi connectivity index (χ2n) is 6.20. The number of nitrogens with one attached hydrogen (secondary N) is 1. The molecule has 1 aromatic carbocycles. The largest absolute Gasteiger partial charge is 0.493 e. The van der Waals surface area contributed by atoms with Crippen molar-refractivity contribution < 1.29 is 14.3 Å². The lowest BCUT2D eigenvalue weighted by Crippen LogP contribution is -2.42. The van der Waals surface area contributed by atoms with Gasteiger partial charge in [-0.2, -0.15) is 11.8 Å². The van der Waals surface area contributed by atoms with Crippen LogP contribution in [0.15, 0.2) is 18.2 Å². The molecular weight excluding hydrogens is 324 g/mol. The molecule has 0 radical (unpaired) electrons. The fourth-order valence-electron chi connectivity index (χ4n) is 2.61. The zero-order valence-corrected chi connectivity index (χ0v) is 15.8. The molecule has 1 N–H and O–H groups in total. The van der Waals surface area contributed by atoms with Gasteiger partial charge in [0.2, 0.25) is 0 Å². The van der Waals surface area contributed by atoms with Crippen LogP contribution in [0.5, 0.6) is 11.5 Å².